The molecule has 2 fully saturated rings. The van der Waals surface area contributed by atoms with Gasteiger partial charge >= 0.3 is 6.03 Å². The summed E-state index contributed by atoms with van der Waals surface area (Å²) in [4.78, 5) is 14.3. The second-order valence-corrected chi connectivity index (χ2v) is 6.94. The molecule has 2 aliphatic heterocycles. The Labute approximate surface area is 149 Å². The minimum Gasteiger partial charge on any atom is -0.376 e. The number of nitrogens with one attached hydrogen (secondary N) is 2. The SMILES string of the molecule is C[C@@H]1CN(Cc2cccc(CNC(=O)NC[C@@H]3CCCO3)c2)CCO1. The van der Waals surface area contributed by atoms with Crippen LogP contribution in [-0.4, -0.2) is 56.0 Å². The Morgan fingerprint density at radius 2 is 2.12 bits per heavy atom. The summed E-state index contributed by atoms with van der Waals surface area (Å²) < 4.78 is 11.1. The van der Waals surface area contributed by atoms with Crippen LogP contribution in [0, 0.1) is 0 Å². The molecule has 0 aliphatic carbocycles. The smallest absolute Gasteiger partial charge is 0.315 e. The van der Waals surface area contributed by atoms with Crippen LogP contribution in [0.2, 0.25) is 0 Å². The van der Waals surface area contributed by atoms with E-state index in [1.54, 1.807) is 0 Å². The molecule has 0 spiro atoms. The molecule has 6 heteroatoms. The van der Waals surface area contributed by atoms with Crippen LogP contribution in [0.25, 0.3) is 0 Å². The highest BCUT2D eigenvalue weighted by Gasteiger charge is 2.17. The first-order valence-corrected chi connectivity index (χ1v) is 9.24. The van der Waals surface area contributed by atoms with E-state index in [1.807, 2.05) is 6.07 Å². The summed E-state index contributed by atoms with van der Waals surface area (Å²) in [5.74, 6) is 0. The molecule has 0 unspecified atom stereocenters. The Hall–Kier alpha value is -1.63. The number of benzene rings is 1. The van der Waals surface area contributed by atoms with Gasteiger partial charge in [0.2, 0.25) is 0 Å². The Kier molecular flexibility index (Phi) is 6.67. The van der Waals surface area contributed by atoms with Crippen LogP contribution in [0.4, 0.5) is 4.79 Å². The topological polar surface area (TPSA) is 62.8 Å². The van der Waals surface area contributed by atoms with Gasteiger partial charge in [0.1, 0.15) is 0 Å². The number of hydrogen-bond donors (Lipinski definition) is 2. The summed E-state index contributed by atoms with van der Waals surface area (Å²) in [6, 6.07) is 8.27. The minimum absolute atomic E-state index is 0.136. The summed E-state index contributed by atoms with van der Waals surface area (Å²) in [5.41, 5.74) is 2.39. The molecule has 2 saturated heterocycles. The highest BCUT2D eigenvalue weighted by molar-refractivity contribution is 5.73. The van der Waals surface area contributed by atoms with Crippen LogP contribution >= 0.6 is 0 Å². The molecule has 2 N–H and O–H groups in total. The number of rotatable bonds is 6. The molecule has 0 saturated carbocycles. The maximum absolute atomic E-state index is 11.9. The van der Waals surface area contributed by atoms with Crippen molar-refractivity contribution in [2.75, 3.05) is 32.8 Å². The van der Waals surface area contributed by atoms with Crippen LogP contribution in [0.15, 0.2) is 24.3 Å². The molecule has 2 heterocycles. The van der Waals surface area contributed by atoms with Gasteiger partial charge in [0.25, 0.3) is 0 Å². The molecule has 3 rings (SSSR count). The molecule has 0 bridgehead atoms. The van der Waals surface area contributed by atoms with Crippen LogP contribution in [-0.2, 0) is 22.6 Å². The van der Waals surface area contributed by atoms with Crippen molar-refractivity contribution in [2.24, 2.45) is 0 Å². The van der Waals surface area contributed by atoms with Gasteiger partial charge in [0, 0.05) is 39.3 Å². The van der Waals surface area contributed by atoms with Crippen molar-refractivity contribution in [1.29, 1.82) is 0 Å². The third-order valence-corrected chi connectivity index (χ3v) is 4.69. The van der Waals surface area contributed by atoms with Gasteiger partial charge in [-0.3, -0.25) is 4.90 Å². The second-order valence-electron chi connectivity index (χ2n) is 6.94. The maximum atomic E-state index is 11.9. The fraction of sp³-hybridized carbons (Fsp3) is 0.632. The van der Waals surface area contributed by atoms with E-state index in [0.29, 0.717) is 19.2 Å². The van der Waals surface area contributed by atoms with E-state index in [-0.39, 0.29) is 12.1 Å². The van der Waals surface area contributed by atoms with Gasteiger partial charge in [0.15, 0.2) is 0 Å². The second kappa shape index (κ2) is 9.17. The Bertz CT molecular complexity index is 561. The highest BCUT2D eigenvalue weighted by atomic mass is 16.5. The fourth-order valence-corrected chi connectivity index (χ4v) is 3.39. The van der Waals surface area contributed by atoms with Crippen LogP contribution in [0.5, 0.6) is 0 Å². The van der Waals surface area contributed by atoms with Gasteiger partial charge in [-0.2, -0.15) is 0 Å². The van der Waals surface area contributed by atoms with E-state index >= 15 is 0 Å². The molecule has 1 aromatic carbocycles. The summed E-state index contributed by atoms with van der Waals surface area (Å²) >= 11 is 0. The van der Waals surface area contributed by atoms with Crippen LogP contribution in [0.3, 0.4) is 0 Å². The van der Waals surface area contributed by atoms with Crippen molar-refractivity contribution in [3.05, 3.63) is 35.4 Å². The first-order chi connectivity index (χ1) is 12.2. The number of hydrogen-bond acceptors (Lipinski definition) is 4. The average molecular weight is 347 g/mol. The predicted octanol–water partition coefficient (Wildman–Crippen LogP) is 1.89. The fourth-order valence-electron chi connectivity index (χ4n) is 3.39. The van der Waals surface area contributed by atoms with E-state index in [4.69, 9.17) is 9.47 Å². The Balaban J connectivity index is 1.42. The summed E-state index contributed by atoms with van der Waals surface area (Å²) in [7, 11) is 0. The molecule has 2 aliphatic rings. The van der Waals surface area contributed by atoms with Gasteiger partial charge < -0.3 is 20.1 Å². The van der Waals surface area contributed by atoms with Gasteiger partial charge in [-0.25, -0.2) is 4.79 Å². The normalized spacial score (nSPS) is 24.2. The molecule has 6 nitrogen and oxygen atoms in total. The summed E-state index contributed by atoms with van der Waals surface area (Å²) in [5, 5.41) is 5.80. The van der Waals surface area contributed by atoms with Crippen molar-refractivity contribution in [3.8, 4) is 0 Å². The Morgan fingerprint density at radius 1 is 1.24 bits per heavy atom. The van der Waals surface area contributed by atoms with Crippen molar-refractivity contribution in [1.82, 2.24) is 15.5 Å². The van der Waals surface area contributed by atoms with Gasteiger partial charge in [-0.1, -0.05) is 24.3 Å². The molecule has 1 aromatic rings. The molecule has 25 heavy (non-hydrogen) atoms. The molecule has 2 atom stereocenters. The van der Waals surface area contributed by atoms with E-state index in [1.165, 1.54) is 5.56 Å². The molecule has 0 aromatic heterocycles. The molecule has 138 valence electrons. The van der Waals surface area contributed by atoms with Crippen molar-refractivity contribution in [2.45, 2.75) is 45.1 Å². The maximum Gasteiger partial charge on any atom is 0.315 e. The number of amides is 2. The predicted molar refractivity (Wildman–Crippen MR) is 96.3 cm³/mol. The first-order valence-electron chi connectivity index (χ1n) is 9.24. The van der Waals surface area contributed by atoms with E-state index in [9.17, 15) is 4.79 Å². The standard InChI is InChI=1S/C19H29N3O3/c1-15-13-22(7-9-24-15)14-17-5-2-4-16(10-17)11-20-19(23)21-12-18-6-3-8-25-18/h2,4-5,10,15,18H,3,6-9,11-14H2,1H3,(H2,20,21,23)/t15-,18+/m1/s1. The largest absolute Gasteiger partial charge is 0.376 e. The number of nitrogens with zero attached hydrogens (tertiary/aromatic N) is 1. The zero-order chi connectivity index (χ0) is 17.5. The molecular formula is C19H29N3O3. The lowest BCUT2D eigenvalue weighted by Crippen LogP contribution is -2.40. The van der Waals surface area contributed by atoms with Gasteiger partial charge in [-0.15, -0.1) is 0 Å². The zero-order valence-electron chi connectivity index (χ0n) is 15.0. The number of urea groups is 1. The van der Waals surface area contributed by atoms with E-state index in [2.05, 4.69) is 40.7 Å². The minimum atomic E-state index is -0.136. The number of carbonyl (C=O) groups is 1. The molecule has 0 radical (unpaired) electrons. The van der Waals surface area contributed by atoms with Crippen LogP contribution < -0.4 is 10.6 Å². The van der Waals surface area contributed by atoms with E-state index < -0.39 is 0 Å². The molecule has 2 amide bonds. The van der Waals surface area contributed by atoms with Gasteiger partial charge in [-0.05, 0) is 30.9 Å². The van der Waals surface area contributed by atoms with Gasteiger partial charge in [0.05, 0.1) is 18.8 Å². The monoisotopic (exact) mass is 347 g/mol. The average Bonchev–Trinajstić information content (AvgIpc) is 3.12. The third kappa shape index (κ3) is 5.99. The number of morpholine rings is 1. The summed E-state index contributed by atoms with van der Waals surface area (Å²) in [6.07, 6.45) is 2.58. The lowest BCUT2D eigenvalue weighted by Gasteiger charge is -2.31. The number of ether oxygens (including phenoxy) is 2. The van der Waals surface area contributed by atoms with Crippen molar-refractivity contribution in [3.63, 3.8) is 0 Å². The van der Waals surface area contributed by atoms with Crippen LogP contribution in [0.1, 0.15) is 30.9 Å². The molecular weight excluding hydrogens is 318 g/mol. The van der Waals surface area contributed by atoms with Crippen molar-refractivity contribution >= 4 is 6.03 Å². The summed E-state index contributed by atoms with van der Waals surface area (Å²) in [6.45, 7) is 7.70. The number of carbonyl (C=O) groups excluding carboxylic acids is 1. The lowest BCUT2D eigenvalue weighted by molar-refractivity contribution is -0.0212. The third-order valence-electron chi connectivity index (χ3n) is 4.69. The zero-order valence-corrected chi connectivity index (χ0v) is 15.0. The Morgan fingerprint density at radius 3 is 2.92 bits per heavy atom. The van der Waals surface area contributed by atoms with Crippen molar-refractivity contribution < 1.29 is 14.3 Å². The highest BCUT2D eigenvalue weighted by Crippen LogP contribution is 2.12. The quantitative estimate of drug-likeness (QED) is 0.825. The lowest BCUT2D eigenvalue weighted by atomic mass is 10.1. The van der Waals surface area contributed by atoms with E-state index in [0.717, 1.165) is 51.3 Å². The first kappa shape index (κ1) is 18.2.